The Balaban J connectivity index is 1.76. The second-order valence-corrected chi connectivity index (χ2v) is 6.43. The van der Waals surface area contributed by atoms with E-state index in [0.29, 0.717) is 22.5 Å². The van der Waals surface area contributed by atoms with Gasteiger partial charge in [-0.05, 0) is 23.8 Å². The third kappa shape index (κ3) is 3.70. The third-order valence-corrected chi connectivity index (χ3v) is 4.61. The smallest absolute Gasteiger partial charge is 0.328 e. The molecule has 0 aliphatic rings. The average molecular weight is 372 g/mol. The average Bonchev–Trinajstić information content (AvgIpc) is 2.63. The van der Waals surface area contributed by atoms with Crippen LogP contribution in [0.15, 0.2) is 58.1 Å². The van der Waals surface area contributed by atoms with Crippen molar-refractivity contribution in [3.8, 4) is 0 Å². The summed E-state index contributed by atoms with van der Waals surface area (Å²) in [6.45, 7) is 0.571. The third-order valence-electron chi connectivity index (χ3n) is 4.25. The largest absolute Gasteiger partial charge is 0.341 e. The number of aromatic nitrogens is 2. The summed E-state index contributed by atoms with van der Waals surface area (Å²) in [5.74, 6) is -0.118. The molecular weight excluding hydrogens is 354 g/mol. The Bertz CT molecular complexity index is 1070. The minimum Gasteiger partial charge on any atom is -0.341 e. The number of H-pyrrole nitrogens is 1. The van der Waals surface area contributed by atoms with Crippen LogP contribution < -0.4 is 11.2 Å². The number of aromatic amines is 1. The molecule has 3 rings (SSSR count). The van der Waals surface area contributed by atoms with Gasteiger partial charge in [-0.25, -0.2) is 4.79 Å². The second-order valence-electron chi connectivity index (χ2n) is 6.02. The predicted octanol–water partition coefficient (Wildman–Crippen LogP) is 2.39. The Morgan fingerprint density at radius 3 is 2.58 bits per heavy atom. The van der Waals surface area contributed by atoms with Gasteiger partial charge in [0.05, 0.1) is 10.9 Å². The van der Waals surface area contributed by atoms with E-state index in [4.69, 9.17) is 11.6 Å². The Kier molecular flexibility index (Phi) is 5.23. The number of rotatable bonds is 5. The van der Waals surface area contributed by atoms with E-state index in [1.807, 2.05) is 18.2 Å². The number of halogens is 1. The number of para-hydroxylation sites is 1. The van der Waals surface area contributed by atoms with E-state index in [2.05, 4.69) is 4.98 Å². The van der Waals surface area contributed by atoms with Crippen molar-refractivity contribution in [3.63, 3.8) is 0 Å². The van der Waals surface area contributed by atoms with Gasteiger partial charge in [0.2, 0.25) is 5.91 Å². The zero-order valence-corrected chi connectivity index (χ0v) is 15.0. The monoisotopic (exact) mass is 371 g/mol. The molecule has 0 atom stereocenters. The number of nitrogens with one attached hydrogen (secondary N) is 1. The molecule has 3 aromatic rings. The second kappa shape index (κ2) is 7.58. The number of amides is 1. The number of carbonyl (C=O) groups excluding carboxylic acids is 1. The Morgan fingerprint density at radius 1 is 1.12 bits per heavy atom. The first-order valence-electron chi connectivity index (χ1n) is 8.16. The Hall–Kier alpha value is -2.86. The van der Waals surface area contributed by atoms with E-state index in [-0.39, 0.29) is 18.9 Å². The molecule has 6 nitrogen and oxygen atoms in total. The van der Waals surface area contributed by atoms with Gasteiger partial charge >= 0.3 is 5.69 Å². The van der Waals surface area contributed by atoms with E-state index in [1.54, 1.807) is 42.3 Å². The standard InChI is InChI=1S/C19H18ClN3O3/c1-22(12-13-6-2-4-8-15(13)20)17(24)10-11-23-16-9-5-3-7-14(16)18(25)21-19(23)26/h2-9H,10-12H2,1H3,(H,21,25,26). The van der Waals surface area contributed by atoms with Gasteiger partial charge in [-0.1, -0.05) is 41.9 Å². The lowest BCUT2D eigenvalue weighted by atomic mass is 10.2. The molecule has 0 fully saturated rings. The maximum Gasteiger partial charge on any atom is 0.328 e. The fourth-order valence-electron chi connectivity index (χ4n) is 2.83. The van der Waals surface area contributed by atoms with Crippen LogP contribution in [-0.2, 0) is 17.9 Å². The molecule has 1 aromatic heterocycles. The molecule has 0 aliphatic carbocycles. The molecule has 0 aliphatic heterocycles. The number of carbonyl (C=O) groups is 1. The SMILES string of the molecule is CN(Cc1ccccc1Cl)C(=O)CCn1c(=O)[nH]c(=O)c2ccccc21. The van der Waals surface area contributed by atoms with E-state index >= 15 is 0 Å². The van der Waals surface area contributed by atoms with Gasteiger partial charge in [-0.2, -0.15) is 0 Å². The van der Waals surface area contributed by atoms with Crippen molar-refractivity contribution < 1.29 is 4.79 Å². The van der Waals surface area contributed by atoms with Crippen LogP contribution in [0.2, 0.25) is 5.02 Å². The highest BCUT2D eigenvalue weighted by atomic mass is 35.5. The number of fused-ring (bicyclic) bond motifs is 1. The van der Waals surface area contributed by atoms with Crippen LogP contribution >= 0.6 is 11.6 Å². The van der Waals surface area contributed by atoms with Crippen molar-refractivity contribution >= 4 is 28.4 Å². The molecule has 134 valence electrons. The number of benzene rings is 2. The number of hydrogen-bond acceptors (Lipinski definition) is 3. The molecule has 0 unspecified atom stereocenters. The van der Waals surface area contributed by atoms with Crippen molar-refractivity contribution in [1.82, 2.24) is 14.5 Å². The highest BCUT2D eigenvalue weighted by Crippen LogP contribution is 2.17. The summed E-state index contributed by atoms with van der Waals surface area (Å²) in [7, 11) is 1.69. The first-order chi connectivity index (χ1) is 12.5. The Morgan fingerprint density at radius 2 is 1.81 bits per heavy atom. The molecule has 1 amide bonds. The van der Waals surface area contributed by atoms with Gasteiger partial charge in [0.1, 0.15) is 0 Å². The summed E-state index contributed by atoms with van der Waals surface area (Å²) in [6.07, 6.45) is 0.136. The van der Waals surface area contributed by atoms with Crippen molar-refractivity contribution in [3.05, 3.63) is 80.0 Å². The summed E-state index contributed by atoms with van der Waals surface area (Å²) in [5.41, 5.74) is 0.429. The van der Waals surface area contributed by atoms with Gasteiger partial charge < -0.3 is 4.90 Å². The highest BCUT2D eigenvalue weighted by Gasteiger charge is 2.13. The molecule has 1 N–H and O–H groups in total. The number of aryl methyl sites for hydroxylation is 1. The molecular formula is C19H18ClN3O3. The molecule has 7 heteroatoms. The predicted molar refractivity (Wildman–Crippen MR) is 101 cm³/mol. The summed E-state index contributed by atoms with van der Waals surface area (Å²) in [4.78, 5) is 40.3. The molecule has 2 aromatic carbocycles. The normalized spacial score (nSPS) is 10.8. The van der Waals surface area contributed by atoms with Crippen LogP contribution in [0, 0.1) is 0 Å². The van der Waals surface area contributed by atoms with Gasteiger partial charge in [-0.15, -0.1) is 0 Å². The van der Waals surface area contributed by atoms with Crippen LogP contribution in [-0.4, -0.2) is 27.4 Å². The van der Waals surface area contributed by atoms with Crippen LogP contribution in [0.4, 0.5) is 0 Å². The highest BCUT2D eigenvalue weighted by molar-refractivity contribution is 6.31. The lowest BCUT2D eigenvalue weighted by Gasteiger charge is -2.18. The minimum absolute atomic E-state index is 0.118. The van der Waals surface area contributed by atoms with E-state index < -0.39 is 11.2 Å². The molecule has 26 heavy (non-hydrogen) atoms. The first-order valence-corrected chi connectivity index (χ1v) is 8.54. The molecule has 0 bridgehead atoms. The molecule has 0 radical (unpaired) electrons. The summed E-state index contributed by atoms with van der Waals surface area (Å²) in [6, 6.07) is 14.2. The minimum atomic E-state index is -0.518. The van der Waals surface area contributed by atoms with Crippen LogP contribution in [0.25, 0.3) is 10.9 Å². The van der Waals surface area contributed by atoms with Crippen LogP contribution in [0.3, 0.4) is 0 Å². The summed E-state index contributed by atoms with van der Waals surface area (Å²) in [5, 5.41) is 1.03. The van der Waals surface area contributed by atoms with Gasteiger partial charge in [0, 0.05) is 31.6 Å². The fourth-order valence-corrected chi connectivity index (χ4v) is 3.03. The fraction of sp³-hybridized carbons (Fsp3) is 0.211. The van der Waals surface area contributed by atoms with Crippen molar-refractivity contribution in [2.24, 2.45) is 0 Å². The van der Waals surface area contributed by atoms with Gasteiger partial charge in [-0.3, -0.25) is 19.1 Å². The maximum absolute atomic E-state index is 12.4. The van der Waals surface area contributed by atoms with Crippen molar-refractivity contribution in [2.45, 2.75) is 19.5 Å². The Labute approximate surface area is 154 Å². The lowest BCUT2D eigenvalue weighted by Crippen LogP contribution is -2.33. The quantitative estimate of drug-likeness (QED) is 0.748. The molecule has 1 heterocycles. The topological polar surface area (TPSA) is 75.2 Å². The van der Waals surface area contributed by atoms with Gasteiger partial charge in [0.25, 0.3) is 5.56 Å². The number of nitrogens with zero attached hydrogens (tertiary/aromatic N) is 2. The molecule has 0 saturated carbocycles. The summed E-state index contributed by atoms with van der Waals surface area (Å²) < 4.78 is 1.41. The maximum atomic E-state index is 12.4. The zero-order chi connectivity index (χ0) is 18.7. The van der Waals surface area contributed by atoms with E-state index in [1.165, 1.54) is 4.57 Å². The van der Waals surface area contributed by atoms with Crippen LogP contribution in [0.1, 0.15) is 12.0 Å². The van der Waals surface area contributed by atoms with Gasteiger partial charge in [0.15, 0.2) is 0 Å². The van der Waals surface area contributed by atoms with E-state index in [0.717, 1.165) is 5.56 Å². The van der Waals surface area contributed by atoms with Crippen LogP contribution in [0.5, 0.6) is 0 Å². The summed E-state index contributed by atoms with van der Waals surface area (Å²) >= 11 is 6.13. The van der Waals surface area contributed by atoms with Crippen molar-refractivity contribution in [1.29, 1.82) is 0 Å². The zero-order valence-electron chi connectivity index (χ0n) is 14.2. The first kappa shape index (κ1) is 17.9. The molecule has 0 saturated heterocycles. The lowest BCUT2D eigenvalue weighted by molar-refractivity contribution is -0.130. The molecule has 0 spiro atoms. The van der Waals surface area contributed by atoms with E-state index in [9.17, 15) is 14.4 Å². The van der Waals surface area contributed by atoms with Crippen molar-refractivity contribution in [2.75, 3.05) is 7.05 Å². The number of hydrogen-bond donors (Lipinski definition) is 1.